The number of anilines is 1. The van der Waals surface area contributed by atoms with Gasteiger partial charge in [-0.1, -0.05) is 34.1 Å². The van der Waals surface area contributed by atoms with Crippen LogP contribution in [-0.4, -0.2) is 30.3 Å². The Labute approximate surface area is 154 Å². The third kappa shape index (κ3) is 5.53. The highest BCUT2D eigenvalue weighted by atomic mass is 79.9. The molecule has 0 spiro atoms. The summed E-state index contributed by atoms with van der Waals surface area (Å²) < 4.78 is 14.4. The predicted molar refractivity (Wildman–Crippen MR) is 101 cm³/mol. The molecule has 0 aliphatic heterocycles. The van der Waals surface area contributed by atoms with Gasteiger partial charge in [-0.15, -0.1) is 0 Å². The van der Waals surface area contributed by atoms with Crippen LogP contribution in [0.25, 0.3) is 6.08 Å². The van der Waals surface area contributed by atoms with Crippen molar-refractivity contribution in [2.45, 2.75) is 6.92 Å². The van der Waals surface area contributed by atoms with E-state index in [1.54, 1.807) is 24.3 Å². The number of hydrogen-bond donors (Lipinski definition) is 1. The summed E-state index contributed by atoms with van der Waals surface area (Å²) in [7, 11) is 1.52. The Hall–Kier alpha value is -2.47. The number of halogens is 2. The zero-order valence-electron chi connectivity index (χ0n) is 13.9. The van der Waals surface area contributed by atoms with Crippen LogP contribution >= 0.6 is 15.9 Å². The van der Waals surface area contributed by atoms with E-state index in [9.17, 15) is 14.0 Å². The number of nitrogens with one attached hydrogen (secondary N) is 1. The van der Waals surface area contributed by atoms with Crippen LogP contribution in [0.1, 0.15) is 11.1 Å². The topological polar surface area (TPSA) is 49.4 Å². The van der Waals surface area contributed by atoms with E-state index in [1.165, 1.54) is 30.2 Å². The number of rotatable bonds is 5. The van der Waals surface area contributed by atoms with Crippen molar-refractivity contribution >= 4 is 39.5 Å². The fraction of sp³-hybridized carbons (Fsp3) is 0.158. The van der Waals surface area contributed by atoms with Crippen LogP contribution in [0.5, 0.6) is 0 Å². The number of aryl methyl sites for hydroxylation is 1. The molecule has 0 unspecified atom stereocenters. The average Bonchev–Trinajstić information content (AvgIpc) is 2.56. The van der Waals surface area contributed by atoms with Crippen LogP contribution in [-0.2, 0) is 9.59 Å². The van der Waals surface area contributed by atoms with Gasteiger partial charge in [0.15, 0.2) is 0 Å². The molecule has 0 aromatic heterocycles. The molecule has 25 heavy (non-hydrogen) atoms. The van der Waals surface area contributed by atoms with Crippen LogP contribution in [0.2, 0.25) is 0 Å². The minimum Gasteiger partial charge on any atom is -0.333 e. The Morgan fingerprint density at radius 2 is 1.96 bits per heavy atom. The second-order valence-corrected chi connectivity index (χ2v) is 6.47. The molecule has 2 aromatic carbocycles. The summed E-state index contributed by atoms with van der Waals surface area (Å²) in [6, 6.07) is 11.7. The molecule has 0 fully saturated rings. The van der Waals surface area contributed by atoms with Gasteiger partial charge in [0.05, 0.1) is 6.54 Å². The van der Waals surface area contributed by atoms with Crippen molar-refractivity contribution in [3.8, 4) is 0 Å². The third-order valence-electron chi connectivity index (χ3n) is 3.53. The zero-order valence-corrected chi connectivity index (χ0v) is 15.5. The Kier molecular flexibility index (Phi) is 6.47. The molecule has 0 saturated heterocycles. The van der Waals surface area contributed by atoms with E-state index in [-0.39, 0.29) is 18.4 Å². The van der Waals surface area contributed by atoms with Crippen LogP contribution in [0.3, 0.4) is 0 Å². The molecule has 0 radical (unpaired) electrons. The van der Waals surface area contributed by atoms with E-state index in [1.807, 2.05) is 19.1 Å². The summed E-state index contributed by atoms with van der Waals surface area (Å²) >= 11 is 3.36. The summed E-state index contributed by atoms with van der Waals surface area (Å²) in [4.78, 5) is 25.4. The van der Waals surface area contributed by atoms with E-state index in [0.29, 0.717) is 11.3 Å². The van der Waals surface area contributed by atoms with Gasteiger partial charge in [-0.05, 0) is 42.8 Å². The van der Waals surface area contributed by atoms with E-state index in [2.05, 4.69) is 21.2 Å². The van der Waals surface area contributed by atoms with Gasteiger partial charge in [0, 0.05) is 28.8 Å². The van der Waals surface area contributed by atoms with Gasteiger partial charge in [-0.3, -0.25) is 9.59 Å². The Morgan fingerprint density at radius 3 is 2.64 bits per heavy atom. The Balaban J connectivity index is 1.94. The van der Waals surface area contributed by atoms with Crippen molar-refractivity contribution < 1.29 is 14.0 Å². The van der Waals surface area contributed by atoms with Gasteiger partial charge in [0.2, 0.25) is 11.8 Å². The molecular weight excluding hydrogens is 387 g/mol. The van der Waals surface area contributed by atoms with Gasteiger partial charge >= 0.3 is 0 Å². The first-order valence-corrected chi connectivity index (χ1v) is 8.40. The second kappa shape index (κ2) is 8.58. The standard InChI is InChI=1S/C19H18BrFN2O2/c1-13-11-15(20)8-9-17(13)22-18(24)12-23(2)19(25)10-7-14-5-3-4-6-16(14)21/h3-11H,12H2,1-2H3,(H,22,24)/b10-7+. The summed E-state index contributed by atoms with van der Waals surface area (Å²) in [5.41, 5.74) is 1.92. The number of carbonyl (C=O) groups is 2. The highest BCUT2D eigenvalue weighted by Crippen LogP contribution is 2.19. The smallest absolute Gasteiger partial charge is 0.246 e. The lowest BCUT2D eigenvalue weighted by atomic mass is 10.2. The molecule has 0 atom stereocenters. The molecule has 0 saturated carbocycles. The lowest BCUT2D eigenvalue weighted by molar-refractivity contribution is -0.129. The van der Waals surface area contributed by atoms with Crippen molar-refractivity contribution in [3.05, 3.63) is 70.0 Å². The van der Waals surface area contributed by atoms with Crippen molar-refractivity contribution in [2.75, 3.05) is 18.9 Å². The maximum absolute atomic E-state index is 13.5. The summed E-state index contributed by atoms with van der Waals surface area (Å²) in [5, 5.41) is 2.77. The lowest BCUT2D eigenvalue weighted by Gasteiger charge is -2.15. The number of nitrogens with zero attached hydrogens (tertiary/aromatic N) is 1. The van der Waals surface area contributed by atoms with Crippen LogP contribution in [0.4, 0.5) is 10.1 Å². The van der Waals surface area contributed by atoms with E-state index in [4.69, 9.17) is 0 Å². The minimum absolute atomic E-state index is 0.101. The maximum Gasteiger partial charge on any atom is 0.246 e. The van der Waals surface area contributed by atoms with E-state index >= 15 is 0 Å². The molecule has 4 nitrogen and oxygen atoms in total. The quantitative estimate of drug-likeness (QED) is 0.765. The number of hydrogen-bond acceptors (Lipinski definition) is 2. The third-order valence-corrected chi connectivity index (χ3v) is 4.02. The molecule has 0 bridgehead atoms. The molecule has 6 heteroatoms. The molecule has 130 valence electrons. The van der Waals surface area contributed by atoms with Crippen molar-refractivity contribution in [3.63, 3.8) is 0 Å². The molecule has 0 heterocycles. The maximum atomic E-state index is 13.5. The summed E-state index contributed by atoms with van der Waals surface area (Å²) in [6.45, 7) is 1.78. The SMILES string of the molecule is Cc1cc(Br)ccc1NC(=O)CN(C)C(=O)/C=C/c1ccccc1F. The Bertz CT molecular complexity index is 821. The zero-order chi connectivity index (χ0) is 18.4. The first kappa shape index (κ1) is 18.9. The lowest BCUT2D eigenvalue weighted by Crippen LogP contribution is -2.34. The second-order valence-electron chi connectivity index (χ2n) is 5.56. The highest BCUT2D eigenvalue weighted by Gasteiger charge is 2.12. The van der Waals surface area contributed by atoms with Crippen molar-refractivity contribution in [1.29, 1.82) is 0 Å². The fourth-order valence-corrected chi connectivity index (χ4v) is 2.62. The number of carbonyl (C=O) groups excluding carboxylic acids is 2. The first-order valence-electron chi connectivity index (χ1n) is 7.60. The number of benzene rings is 2. The van der Waals surface area contributed by atoms with E-state index < -0.39 is 5.82 Å². The molecule has 2 amide bonds. The molecule has 0 aliphatic rings. The predicted octanol–water partition coefficient (Wildman–Crippen LogP) is 4.01. The monoisotopic (exact) mass is 404 g/mol. The van der Waals surface area contributed by atoms with Gasteiger partial charge in [0.25, 0.3) is 0 Å². The highest BCUT2D eigenvalue weighted by molar-refractivity contribution is 9.10. The van der Waals surface area contributed by atoms with E-state index in [0.717, 1.165) is 10.0 Å². The van der Waals surface area contributed by atoms with Crippen LogP contribution in [0.15, 0.2) is 53.0 Å². The first-order chi connectivity index (χ1) is 11.9. The van der Waals surface area contributed by atoms with Gasteiger partial charge < -0.3 is 10.2 Å². The Morgan fingerprint density at radius 1 is 1.24 bits per heavy atom. The molecule has 0 aliphatic carbocycles. The average molecular weight is 405 g/mol. The summed E-state index contributed by atoms with van der Waals surface area (Å²) in [6.07, 6.45) is 2.64. The van der Waals surface area contributed by atoms with Crippen molar-refractivity contribution in [2.24, 2.45) is 0 Å². The van der Waals surface area contributed by atoms with Crippen LogP contribution in [0, 0.1) is 12.7 Å². The van der Waals surface area contributed by atoms with Gasteiger partial charge in [-0.25, -0.2) is 4.39 Å². The molecule has 2 rings (SSSR count). The van der Waals surface area contributed by atoms with Gasteiger partial charge in [-0.2, -0.15) is 0 Å². The molecular formula is C19H18BrFN2O2. The molecule has 2 aromatic rings. The normalized spacial score (nSPS) is 10.7. The largest absolute Gasteiger partial charge is 0.333 e. The van der Waals surface area contributed by atoms with Crippen molar-refractivity contribution in [1.82, 2.24) is 4.90 Å². The fourth-order valence-electron chi connectivity index (χ4n) is 2.15. The number of amides is 2. The van der Waals surface area contributed by atoms with Gasteiger partial charge in [0.1, 0.15) is 5.82 Å². The molecule has 1 N–H and O–H groups in total. The van der Waals surface area contributed by atoms with Crippen LogP contribution < -0.4 is 5.32 Å². The minimum atomic E-state index is -0.405. The summed E-state index contributed by atoms with van der Waals surface area (Å²) in [5.74, 6) is -1.09. The number of likely N-dealkylation sites (N-methyl/N-ethyl adjacent to an activating group) is 1.